The number of pyridine rings is 1. The molecule has 0 fully saturated rings. The molecule has 0 aliphatic carbocycles. The zero-order chi connectivity index (χ0) is 24.4. The lowest BCUT2D eigenvalue weighted by Gasteiger charge is -2.11. The van der Waals surface area contributed by atoms with E-state index < -0.39 is 0 Å². The average Bonchev–Trinajstić information content (AvgIpc) is 3.19. The SMILES string of the molecule is C/N=C/C=C(\C=C(/C)c1c(C)ccc2c1oc1nc(C(C)C)ccc12)c1ccc(C(C)C)cc1. The molecule has 0 radical (unpaired) electrons. The molecule has 0 unspecified atom stereocenters. The number of aliphatic imine (C=N–C) groups is 1. The third-order valence-electron chi connectivity index (χ3n) is 6.41. The van der Waals surface area contributed by atoms with Crippen molar-refractivity contribution in [2.24, 2.45) is 4.99 Å². The molecule has 0 aliphatic heterocycles. The van der Waals surface area contributed by atoms with E-state index >= 15 is 0 Å². The number of allylic oxidation sites excluding steroid dienone is 4. The maximum Gasteiger partial charge on any atom is 0.227 e. The van der Waals surface area contributed by atoms with E-state index in [1.165, 1.54) is 16.7 Å². The first-order valence-corrected chi connectivity index (χ1v) is 12.0. The topological polar surface area (TPSA) is 38.4 Å². The van der Waals surface area contributed by atoms with E-state index in [9.17, 15) is 0 Å². The Labute approximate surface area is 202 Å². The number of benzene rings is 2. The molecule has 0 atom stereocenters. The van der Waals surface area contributed by atoms with E-state index in [-0.39, 0.29) is 0 Å². The molecule has 0 amide bonds. The molecular formula is C31H34N2O. The highest BCUT2D eigenvalue weighted by Gasteiger charge is 2.16. The lowest BCUT2D eigenvalue weighted by Crippen LogP contribution is -1.91. The molecule has 4 aromatic rings. The molecule has 3 nitrogen and oxygen atoms in total. The first-order valence-electron chi connectivity index (χ1n) is 12.0. The van der Waals surface area contributed by atoms with Crippen molar-refractivity contribution in [2.45, 2.75) is 53.4 Å². The third-order valence-corrected chi connectivity index (χ3v) is 6.41. The first-order chi connectivity index (χ1) is 16.3. The van der Waals surface area contributed by atoms with E-state index in [4.69, 9.17) is 9.40 Å². The predicted molar refractivity (Wildman–Crippen MR) is 147 cm³/mol. The summed E-state index contributed by atoms with van der Waals surface area (Å²) in [6, 6.07) is 17.4. The summed E-state index contributed by atoms with van der Waals surface area (Å²) in [5, 5.41) is 2.17. The number of fused-ring (bicyclic) bond motifs is 3. The van der Waals surface area contributed by atoms with Crippen LogP contribution in [0.15, 0.2) is 70.1 Å². The fourth-order valence-electron chi connectivity index (χ4n) is 4.39. The highest BCUT2D eigenvalue weighted by molar-refractivity contribution is 6.08. The molecule has 0 N–H and O–H groups in total. The zero-order valence-corrected chi connectivity index (χ0v) is 21.3. The summed E-state index contributed by atoms with van der Waals surface area (Å²) in [6.45, 7) is 13.0. The number of hydrogen-bond acceptors (Lipinski definition) is 3. The van der Waals surface area contributed by atoms with Gasteiger partial charge < -0.3 is 4.42 Å². The summed E-state index contributed by atoms with van der Waals surface area (Å²) >= 11 is 0. The lowest BCUT2D eigenvalue weighted by molar-refractivity contribution is 0.646. The second-order valence-electron chi connectivity index (χ2n) is 9.61. The molecule has 0 saturated carbocycles. The maximum absolute atomic E-state index is 6.39. The maximum atomic E-state index is 6.39. The van der Waals surface area contributed by atoms with E-state index in [0.717, 1.165) is 38.8 Å². The van der Waals surface area contributed by atoms with E-state index in [1.807, 2.05) is 6.21 Å². The van der Waals surface area contributed by atoms with Gasteiger partial charge in [0.1, 0.15) is 5.58 Å². The van der Waals surface area contributed by atoms with E-state index in [0.29, 0.717) is 17.5 Å². The Balaban J connectivity index is 1.86. The Morgan fingerprint density at radius 1 is 0.912 bits per heavy atom. The van der Waals surface area contributed by atoms with Gasteiger partial charge in [0.2, 0.25) is 5.71 Å². The number of rotatable bonds is 6. The fraction of sp³-hybridized carbons (Fsp3) is 0.290. The molecule has 2 aromatic heterocycles. The monoisotopic (exact) mass is 450 g/mol. The van der Waals surface area contributed by atoms with Crippen LogP contribution in [-0.4, -0.2) is 18.2 Å². The number of aromatic nitrogens is 1. The van der Waals surface area contributed by atoms with Crippen molar-refractivity contribution in [3.8, 4) is 0 Å². The minimum Gasteiger partial charge on any atom is -0.437 e. The van der Waals surface area contributed by atoms with Crippen LogP contribution >= 0.6 is 0 Å². The van der Waals surface area contributed by atoms with Gasteiger partial charge in [-0.1, -0.05) is 70.2 Å². The van der Waals surface area contributed by atoms with Crippen LogP contribution in [0.1, 0.15) is 74.4 Å². The zero-order valence-electron chi connectivity index (χ0n) is 21.3. The molecule has 3 heteroatoms. The van der Waals surface area contributed by atoms with Crippen LogP contribution < -0.4 is 0 Å². The molecule has 0 spiro atoms. The Morgan fingerprint density at radius 2 is 1.62 bits per heavy atom. The van der Waals surface area contributed by atoms with Crippen molar-refractivity contribution in [3.63, 3.8) is 0 Å². The average molecular weight is 451 g/mol. The number of aryl methyl sites for hydroxylation is 1. The standard InChI is InChI=1S/C31H34N2O/c1-19(2)23-9-11-24(12-10-23)25(16-17-32-7)18-22(6)29-21(5)8-13-26-27-14-15-28(20(3)4)33-31(27)34-30(26)29/h8-20H,1-7H3/b22-18+,25-16+,32-17+. The predicted octanol–water partition coefficient (Wildman–Crippen LogP) is 8.72. The van der Waals surface area contributed by atoms with Crippen molar-refractivity contribution < 1.29 is 4.42 Å². The molecule has 2 aromatic carbocycles. The van der Waals surface area contributed by atoms with Gasteiger partial charge >= 0.3 is 0 Å². The third kappa shape index (κ3) is 4.61. The van der Waals surface area contributed by atoms with E-state index in [2.05, 4.69) is 107 Å². The van der Waals surface area contributed by atoms with Crippen LogP contribution in [0.2, 0.25) is 0 Å². The Hall–Kier alpha value is -3.46. The van der Waals surface area contributed by atoms with Crippen LogP contribution in [0.5, 0.6) is 0 Å². The van der Waals surface area contributed by atoms with Crippen LogP contribution in [0.25, 0.3) is 33.2 Å². The molecule has 34 heavy (non-hydrogen) atoms. The Morgan fingerprint density at radius 3 is 2.26 bits per heavy atom. The molecule has 4 rings (SSSR count). The van der Waals surface area contributed by atoms with Crippen molar-refractivity contribution in [3.05, 3.63) is 88.6 Å². The minimum absolute atomic E-state index is 0.357. The van der Waals surface area contributed by atoms with E-state index in [1.54, 1.807) is 7.05 Å². The van der Waals surface area contributed by atoms with Gasteiger partial charge in [-0.2, -0.15) is 0 Å². The van der Waals surface area contributed by atoms with Crippen LogP contribution in [0.3, 0.4) is 0 Å². The van der Waals surface area contributed by atoms with Gasteiger partial charge in [0, 0.05) is 35.3 Å². The van der Waals surface area contributed by atoms with Gasteiger partial charge in [0.25, 0.3) is 0 Å². The highest BCUT2D eigenvalue weighted by atomic mass is 16.3. The summed E-state index contributed by atoms with van der Waals surface area (Å²) < 4.78 is 6.39. The number of furan rings is 1. The summed E-state index contributed by atoms with van der Waals surface area (Å²) in [5.41, 5.74) is 9.73. The summed E-state index contributed by atoms with van der Waals surface area (Å²) in [7, 11) is 1.80. The van der Waals surface area contributed by atoms with Crippen LogP contribution in [-0.2, 0) is 0 Å². The normalized spacial score (nSPS) is 13.3. The highest BCUT2D eigenvalue weighted by Crippen LogP contribution is 2.36. The van der Waals surface area contributed by atoms with Gasteiger partial charge in [-0.25, -0.2) is 4.98 Å². The van der Waals surface area contributed by atoms with Gasteiger partial charge in [-0.3, -0.25) is 4.99 Å². The summed E-state index contributed by atoms with van der Waals surface area (Å²) in [4.78, 5) is 8.99. The Kier molecular flexibility index (Phi) is 6.83. The van der Waals surface area contributed by atoms with Crippen LogP contribution in [0, 0.1) is 6.92 Å². The molecule has 0 bridgehead atoms. The second-order valence-corrected chi connectivity index (χ2v) is 9.61. The molecule has 0 saturated heterocycles. The minimum atomic E-state index is 0.357. The fourth-order valence-corrected chi connectivity index (χ4v) is 4.39. The largest absolute Gasteiger partial charge is 0.437 e. The van der Waals surface area contributed by atoms with Crippen molar-refractivity contribution in [2.75, 3.05) is 7.05 Å². The van der Waals surface area contributed by atoms with Gasteiger partial charge in [-0.05, 0) is 71.7 Å². The second kappa shape index (κ2) is 9.80. The van der Waals surface area contributed by atoms with Gasteiger partial charge in [0.15, 0.2) is 0 Å². The van der Waals surface area contributed by atoms with Gasteiger partial charge in [-0.15, -0.1) is 0 Å². The Bertz CT molecular complexity index is 1410. The quantitative estimate of drug-likeness (QED) is 0.217. The summed E-state index contributed by atoms with van der Waals surface area (Å²) in [6.07, 6.45) is 6.15. The van der Waals surface area contributed by atoms with Crippen LogP contribution in [0.4, 0.5) is 0 Å². The number of nitrogens with zero attached hydrogens (tertiary/aromatic N) is 2. The molecule has 174 valence electrons. The molecule has 0 aliphatic rings. The van der Waals surface area contributed by atoms with Crippen molar-refractivity contribution in [1.82, 2.24) is 4.98 Å². The van der Waals surface area contributed by atoms with Crippen molar-refractivity contribution in [1.29, 1.82) is 0 Å². The smallest absolute Gasteiger partial charge is 0.227 e. The van der Waals surface area contributed by atoms with Gasteiger partial charge in [0.05, 0.1) is 0 Å². The lowest BCUT2D eigenvalue weighted by atomic mass is 9.94. The molecule has 2 heterocycles. The van der Waals surface area contributed by atoms with Crippen molar-refractivity contribution >= 4 is 39.4 Å². The number of hydrogen-bond donors (Lipinski definition) is 0. The summed E-state index contributed by atoms with van der Waals surface area (Å²) in [5.74, 6) is 0.865. The first kappa shape index (κ1) is 23.7. The molecular weight excluding hydrogens is 416 g/mol.